The zero-order valence-corrected chi connectivity index (χ0v) is 12.9. The monoisotopic (exact) mass is 288 g/mol. The van der Waals surface area contributed by atoms with Crippen LogP contribution < -0.4 is 0 Å². The minimum absolute atomic E-state index is 0.00597. The Morgan fingerprint density at radius 3 is 2.29 bits per heavy atom. The molecule has 0 N–H and O–H groups in total. The fourth-order valence-corrected chi connectivity index (χ4v) is 2.62. The Morgan fingerprint density at radius 1 is 1.10 bits per heavy atom. The summed E-state index contributed by atoms with van der Waals surface area (Å²) >= 11 is 0. The van der Waals surface area contributed by atoms with Gasteiger partial charge >= 0.3 is 11.8 Å². The molecule has 4 heteroatoms. The van der Waals surface area contributed by atoms with E-state index in [0.717, 1.165) is 24.8 Å². The van der Waals surface area contributed by atoms with Crippen LogP contribution in [0.2, 0.25) is 0 Å². The smallest absolute Gasteiger partial charge is 0.312 e. The lowest BCUT2D eigenvalue weighted by Crippen LogP contribution is -2.48. The Hall–Kier alpha value is -1.84. The van der Waals surface area contributed by atoms with Crippen molar-refractivity contribution in [1.82, 2.24) is 9.80 Å². The zero-order valence-electron chi connectivity index (χ0n) is 12.9. The van der Waals surface area contributed by atoms with Crippen LogP contribution >= 0.6 is 0 Å². The Labute approximate surface area is 126 Å². The van der Waals surface area contributed by atoms with Crippen molar-refractivity contribution in [2.75, 3.05) is 13.1 Å². The van der Waals surface area contributed by atoms with E-state index >= 15 is 0 Å². The topological polar surface area (TPSA) is 40.6 Å². The van der Waals surface area contributed by atoms with Crippen LogP contribution in [0.5, 0.6) is 0 Å². The number of benzene rings is 1. The molecule has 0 aromatic heterocycles. The molecule has 114 valence electrons. The molecule has 1 saturated heterocycles. The van der Waals surface area contributed by atoms with Gasteiger partial charge in [0.25, 0.3) is 0 Å². The van der Waals surface area contributed by atoms with Crippen molar-refractivity contribution in [3.63, 3.8) is 0 Å². The summed E-state index contributed by atoms with van der Waals surface area (Å²) in [5.41, 5.74) is 1.05. The van der Waals surface area contributed by atoms with Gasteiger partial charge < -0.3 is 9.80 Å². The molecule has 1 heterocycles. The van der Waals surface area contributed by atoms with Gasteiger partial charge in [-0.1, -0.05) is 30.3 Å². The molecule has 4 nitrogen and oxygen atoms in total. The lowest BCUT2D eigenvalue weighted by molar-refractivity contribution is -0.153. The number of piperidine rings is 1. The average molecular weight is 288 g/mol. The highest BCUT2D eigenvalue weighted by Gasteiger charge is 2.29. The summed E-state index contributed by atoms with van der Waals surface area (Å²) in [6.45, 7) is 5.80. The average Bonchev–Trinajstić information content (AvgIpc) is 2.53. The van der Waals surface area contributed by atoms with Gasteiger partial charge in [-0.05, 0) is 38.7 Å². The summed E-state index contributed by atoms with van der Waals surface area (Å²) in [5.74, 6) is -0.727. The second kappa shape index (κ2) is 7.25. The van der Waals surface area contributed by atoms with E-state index in [-0.39, 0.29) is 17.9 Å². The minimum atomic E-state index is -0.379. The molecule has 0 saturated carbocycles. The molecule has 21 heavy (non-hydrogen) atoms. The fraction of sp³-hybridized carbons (Fsp3) is 0.529. The third-order valence-corrected chi connectivity index (χ3v) is 3.91. The first-order valence-electron chi connectivity index (χ1n) is 7.73. The lowest BCUT2D eigenvalue weighted by Gasteiger charge is -2.31. The molecule has 1 aromatic carbocycles. The molecule has 0 unspecified atom stereocenters. The Balaban J connectivity index is 2.06. The Kier molecular flexibility index (Phi) is 5.37. The normalized spacial score (nSPS) is 15.1. The molecule has 0 spiro atoms. The van der Waals surface area contributed by atoms with Crippen LogP contribution in [-0.2, 0) is 16.1 Å². The molecule has 1 aliphatic rings. The maximum absolute atomic E-state index is 12.5. The molecule has 2 amide bonds. The van der Waals surface area contributed by atoms with Gasteiger partial charge in [0.1, 0.15) is 0 Å². The van der Waals surface area contributed by atoms with Crippen molar-refractivity contribution in [3.8, 4) is 0 Å². The van der Waals surface area contributed by atoms with E-state index < -0.39 is 0 Å². The van der Waals surface area contributed by atoms with Crippen LogP contribution in [0.3, 0.4) is 0 Å². The summed E-state index contributed by atoms with van der Waals surface area (Å²) < 4.78 is 0. The van der Waals surface area contributed by atoms with Gasteiger partial charge in [-0.2, -0.15) is 0 Å². The number of hydrogen-bond donors (Lipinski definition) is 0. The largest absolute Gasteiger partial charge is 0.334 e. The molecule has 1 aromatic rings. The summed E-state index contributed by atoms with van der Waals surface area (Å²) in [7, 11) is 0. The minimum Gasteiger partial charge on any atom is -0.334 e. The molecule has 1 aliphatic heterocycles. The lowest BCUT2D eigenvalue weighted by atomic mass is 10.1. The highest BCUT2D eigenvalue weighted by molar-refractivity contribution is 6.34. The maximum atomic E-state index is 12.5. The van der Waals surface area contributed by atoms with E-state index in [0.29, 0.717) is 19.6 Å². The van der Waals surface area contributed by atoms with E-state index in [9.17, 15) is 9.59 Å². The van der Waals surface area contributed by atoms with Gasteiger partial charge in [-0.25, -0.2) is 0 Å². The third-order valence-electron chi connectivity index (χ3n) is 3.91. The molecule has 0 radical (unpaired) electrons. The number of nitrogens with zero attached hydrogens (tertiary/aromatic N) is 2. The van der Waals surface area contributed by atoms with E-state index in [1.54, 1.807) is 9.80 Å². The third kappa shape index (κ3) is 4.06. The van der Waals surface area contributed by atoms with Gasteiger partial charge in [0.05, 0.1) is 0 Å². The predicted molar refractivity (Wildman–Crippen MR) is 82.6 cm³/mol. The van der Waals surface area contributed by atoms with Gasteiger partial charge in [0.15, 0.2) is 0 Å². The van der Waals surface area contributed by atoms with E-state index in [2.05, 4.69) is 0 Å². The highest BCUT2D eigenvalue weighted by Crippen LogP contribution is 2.13. The zero-order chi connectivity index (χ0) is 15.2. The molecule has 0 atom stereocenters. The highest BCUT2D eigenvalue weighted by atomic mass is 16.2. The summed E-state index contributed by atoms with van der Waals surface area (Å²) in [4.78, 5) is 28.3. The summed E-state index contributed by atoms with van der Waals surface area (Å²) in [5, 5.41) is 0. The molecule has 1 fully saturated rings. The van der Waals surface area contributed by atoms with Gasteiger partial charge in [-0.3, -0.25) is 9.59 Å². The quantitative estimate of drug-likeness (QED) is 0.802. The first-order valence-corrected chi connectivity index (χ1v) is 7.73. The van der Waals surface area contributed by atoms with Crippen molar-refractivity contribution in [3.05, 3.63) is 35.9 Å². The first kappa shape index (κ1) is 15.5. The molecule has 0 bridgehead atoms. The van der Waals surface area contributed by atoms with Crippen LogP contribution in [0.4, 0.5) is 0 Å². The molecular formula is C17H24N2O2. The van der Waals surface area contributed by atoms with Crippen molar-refractivity contribution in [2.45, 2.75) is 45.7 Å². The number of carbonyl (C=O) groups is 2. The number of likely N-dealkylation sites (tertiary alicyclic amines) is 1. The second-order valence-corrected chi connectivity index (χ2v) is 5.87. The van der Waals surface area contributed by atoms with E-state index in [4.69, 9.17) is 0 Å². The van der Waals surface area contributed by atoms with Crippen molar-refractivity contribution < 1.29 is 9.59 Å². The van der Waals surface area contributed by atoms with Crippen LogP contribution in [-0.4, -0.2) is 40.7 Å². The Morgan fingerprint density at radius 2 is 1.71 bits per heavy atom. The fourth-order valence-electron chi connectivity index (χ4n) is 2.62. The molecule has 0 aliphatic carbocycles. The number of rotatable bonds is 3. The Bertz CT molecular complexity index is 479. The van der Waals surface area contributed by atoms with Crippen LogP contribution in [0.25, 0.3) is 0 Å². The number of hydrogen-bond acceptors (Lipinski definition) is 2. The second-order valence-electron chi connectivity index (χ2n) is 5.87. The van der Waals surface area contributed by atoms with Gasteiger partial charge in [0, 0.05) is 25.7 Å². The number of amides is 2. The SMILES string of the molecule is CC(C)N(Cc1ccccc1)C(=O)C(=O)N1CCCCC1. The summed E-state index contributed by atoms with van der Waals surface area (Å²) in [6, 6.07) is 9.81. The van der Waals surface area contributed by atoms with E-state index in [1.807, 2.05) is 44.2 Å². The van der Waals surface area contributed by atoms with Crippen LogP contribution in [0, 0.1) is 0 Å². The standard InChI is InChI=1S/C17H24N2O2/c1-14(2)19(13-15-9-5-3-6-10-15)17(21)16(20)18-11-7-4-8-12-18/h3,5-6,9-10,14H,4,7-8,11-13H2,1-2H3. The van der Waals surface area contributed by atoms with Gasteiger partial charge in [0.2, 0.25) is 0 Å². The van der Waals surface area contributed by atoms with Crippen molar-refractivity contribution in [1.29, 1.82) is 0 Å². The number of carbonyl (C=O) groups excluding carboxylic acids is 2. The van der Waals surface area contributed by atoms with Gasteiger partial charge in [-0.15, -0.1) is 0 Å². The van der Waals surface area contributed by atoms with Crippen LogP contribution in [0.15, 0.2) is 30.3 Å². The summed E-state index contributed by atoms with van der Waals surface area (Å²) in [6.07, 6.45) is 3.15. The maximum Gasteiger partial charge on any atom is 0.312 e. The first-order chi connectivity index (χ1) is 10.1. The van der Waals surface area contributed by atoms with Crippen LogP contribution in [0.1, 0.15) is 38.7 Å². The van der Waals surface area contributed by atoms with E-state index in [1.165, 1.54) is 0 Å². The molecule has 2 rings (SSSR count). The predicted octanol–water partition coefficient (Wildman–Crippen LogP) is 2.44. The molecular weight excluding hydrogens is 264 g/mol. The van der Waals surface area contributed by atoms with Crippen molar-refractivity contribution >= 4 is 11.8 Å². The van der Waals surface area contributed by atoms with Crippen molar-refractivity contribution in [2.24, 2.45) is 0 Å².